The number of ether oxygens (including phenoxy) is 2. The number of carbonyl (C=O) groups is 1. The van der Waals surface area contributed by atoms with Gasteiger partial charge in [0.05, 0.1) is 25.9 Å². The van der Waals surface area contributed by atoms with Gasteiger partial charge in [0.1, 0.15) is 6.04 Å². The fraction of sp³-hybridized carbons (Fsp3) is 0.429. The van der Waals surface area contributed by atoms with Gasteiger partial charge in [-0.25, -0.2) is 0 Å². The van der Waals surface area contributed by atoms with E-state index < -0.39 is 6.04 Å². The lowest BCUT2D eigenvalue weighted by Gasteiger charge is -2.17. The summed E-state index contributed by atoms with van der Waals surface area (Å²) in [6, 6.07) is 6.57. The number of nitriles is 1. The highest BCUT2D eigenvalue weighted by atomic mass is 16.5. The molecule has 1 aromatic rings. The van der Waals surface area contributed by atoms with Crippen LogP contribution in [0.3, 0.4) is 0 Å². The molecule has 0 aromatic heterocycles. The number of nitrogens with one attached hydrogen (secondary N) is 1. The van der Waals surface area contributed by atoms with E-state index in [0.29, 0.717) is 17.1 Å². The molecule has 5 nitrogen and oxygen atoms in total. The molecule has 0 radical (unpaired) electrons. The molecule has 1 N–H and O–H groups in total. The van der Waals surface area contributed by atoms with E-state index in [1.54, 1.807) is 18.2 Å². The molecule has 1 aromatic carbocycles. The molecule has 0 aliphatic carbocycles. The number of rotatable bonds is 5. The number of hydrogen-bond donors (Lipinski definition) is 1. The summed E-state index contributed by atoms with van der Waals surface area (Å²) in [5.74, 6) is 0.526. The smallest absolute Gasteiger partial charge is 0.256 e. The highest BCUT2D eigenvalue weighted by molar-refractivity contribution is 5.98. The van der Waals surface area contributed by atoms with Crippen LogP contribution < -0.4 is 14.8 Å². The van der Waals surface area contributed by atoms with Crippen LogP contribution in [-0.4, -0.2) is 26.2 Å². The molecule has 0 saturated heterocycles. The lowest BCUT2D eigenvalue weighted by molar-refractivity contribution is 0.0934. The van der Waals surface area contributed by atoms with E-state index in [1.165, 1.54) is 14.2 Å². The van der Waals surface area contributed by atoms with Crippen molar-refractivity contribution in [2.24, 2.45) is 5.92 Å². The summed E-state index contributed by atoms with van der Waals surface area (Å²) >= 11 is 0. The maximum atomic E-state index is 12.2. The Morgan fingerprint density at radius 2 is 2.00 bits per heavy atom. The van der Waals surface area contributed by atoms with Crippen LogP contribution in [0.15, 0.2) is 18.2 Å². The van der Waals surface area contributed by atoms with Gasteiger partial charge in [-0.05, 0) is 18.1 Å². The van der Waals surface area contributed by atoms with E-state index in [-0.39, 0.29) is 11.8 Å². The Morgan fingerprint density at radius 3 is 2.47 bits per heavy atom. The fourth-order valence-corrected chi connectivity index (χ4v) is 1.63. The topological polar surface area (TPSA) is 71.3 Å². The monoisotopic (exact) mass is 262 g/mol. The van der Waals surface area contributed by atoms with Crippen molar-refractivity contribution in [3.63, 3.8) is 0 Å². The van der Waals surface area contributed by atoms with E-state index in [1.807, 2.05) is 13.8 Å². The summed E-state index contributed by atoms with van der Waals surface area (Å²) in [6.07, 6.45) is 0. The molecule has 0 heterocycles. The molecule has 1 amide bonds. The van der Waals surface area contributed by atoms with Crippen LogP contribution in [0.2, 0.25) is 0 Å². The average molecular weight is 262 g/mol. The third kappa shape index (κ3) is 3.38. The Bertz CT molecular complexity index is 492. The Morgan fingerprint density at radius 1 is 1.32 bits per heavy atom. The summed E-state index contributed by atoms with van der Waals surface area (Å²) in [5, 5.41) is 11.7. The Hall–Kier alpha value is -2.22. The normalized spacial score (nSPS) is 11.6. The quantitative estimate of drug-likeness (QED) is 0.880. The summed E-state index contributed by atoms with van der Waals surface area (Å²) in [4.78, 5) is 12.2. The molecular formula is C14H18N2O3. The minimum absolute atomic E-state index is 0.0329. The molecule has 0 saturated carbocycles. The predicted molar refractivity (Wildman–Crippen MR) is 71.3 cm³/mol. The fourth-order valence-electron chi connectivity index (χ4n) is 1.63. The zero-order valence-electron chi connectivity index (χ0n) is 11.6. The number of hydrogen-bond acceptors (Lipinski definition) is 4. The largest absolute Gasteiger partial charge is 0.493 e. The molecule has 0 spiro atoms. The molecule has 0 aliphatic rings. The number of para-hydroxylation sites is 1. The highest BCUT2D eigenvalue weighted by Gasteiger charge is 2.20. The summed E-state index contributed by atoms with van der Waals surface area (Å²) in [6.45, 7) is 3.74. The number of amides is 1. The van der Waals surface area contributed by atoms with E-state index in [4.69, 9.17) is 14.7 Å². The van der Waals surface area contributed by atoms with Gasteiger partial charge < -0.3 is 14.8 Å². The molecule has 0 bridgehead atoms. The van der Waals surface area contributed by atoms with Gasteiger partial charge in [0, 0.05) is 0 Å². The summed E-state index contributed by atoms with van der Waals surface area (Å²) < 4.78 is 10.3. The van der Waals surface area contributed by atoms with Crippen molar-refractivity contribution in [2.45, 2.75) is 19.9 Å². The lowest BCUT2D eigenvalue weighted by atomic mass is 10.1. The third-order valence-electron chi connectivity index (χ3n) is 2.74. The molecule has 1 unspecified atom stereocenters. The van der Waals surface area contributed by atoms with Crippen molar-refractivity contribution in [3.8, 4) is 17.6 Å². The van der Waals surface area contributed by atoms with Crippen LogP contribution in [0.5, 0.6) is 11.5 Å². The first-order valence-electron chi connectivity index (χ1n) is 5.96. The van der Waals surface area contributed by atoms with E-state index in [2.05, 4.69) is 11.4 Å². The van der Waals surface area contributed by atoms with Gasteiger partial charge in [0.25, 0.3) is 5.91 Å². The van der Waals surface area contributed by atoms with Crippen molar-refractivity contribution in [2.75, 3.05) is 14.2 Å². The number of methoxy groups -OCH3 is 2. The second kappa shape index (κ2) is 6.64. The van der Waals surface area contributed by atoms with Crippen LogP contribution in [0.1, 0.15) is 24.2 Å². The molecule has 0 fully saturated rings. The third-order valence-corrected chi connectivity index (χ3v) is 2.74. The minimum atomic E-state index is -0.539. The van der Waals surface area contributed by atoms with Gasteiger partial charge in [0.2, 0.25) is 0 Å². The molecule has 1 atom stereocenters. The Balaban J connectivity index is 3.03. The van der Waals surface area contributed by atoms with E-state index in [9.17, 15) is 4.79 Å². The SMILES string of the molecule is COc1cccc(C(=O)NC(C#N)C(C)C)c1OC. The van der Waals surface area contributed by atoms with Gasteiger partial charge in [-0.3, -0.25) is 4.79 Å². The van der Waals surface area contributed by atoms with Gasteiger partial charge in [-0.1, -0.05) is 19.9 Å². The molecule has 5 heteroatoms. The molecule has 1 rings (SSSR count). The van der Waals surface area contributed by atoms with Gasteiger partial charge in [-0.15, -0.1) is 0 Å². The van der Waals surface area contributed by atoms with E-state index >= 15 is 0 Å². The standard InChI is InChI=1S/C14H18N2O3/c1-9(2)11(8-15)16-14(17)10-6-5-7-12(18-3)13(10)19-4/h5-7,9,11H,1-4H3,(H,16,17). The summed E-state index contributed by atoms with van der Waals surface area (Å²) in [5.41, 5.74) is 0.350. The van der Waals surface area contributed by atoms with E-state index in [0.717, 1.165) is 0 Å². The highest BCUT2D eigenvalue weighted by Crippen LogP contribution is 2.30. The number of benzene rings is 1. The van der Waals surface area contributed by atoms with Crippen LogP contribution >= 0.6 is 0 Å². The number of nitrogens with zero attached hydrogens (tertiary/aromatic N) is 1. The zero-order valence-corrected chi connectivity index (χ0v) is 11.6. The van der Waals surface area contributed by atoms with Gasteiger partial charge in [-0.2, -0.15) is 5.26 Å². The van der Waals surface area contributed by atoms with Crippen molar-refractivity contribution >= 4 is 5.91 Å². The summed E-state index contributed by atoms with van der Waals surface area (Å²) in [7, 11) is 2.98. The molecular weight excluding hydrogens is 244 g/mol. The van der Waals surface area contributed by atoms with Gasteiger partial charge in [0.15, 0.2) is 11.5 Å². The van der Waals surface area contributed by atoms with Gasteiger partial charge >= 0.3 is 0 Å². The van der Waals surface area contributed by atoms with Crippen molar-refractivity contribution in [3.05, 3.63) is 23.8 Å². The van der Waals surface area contributed by atoms with Crippen LogP contribution in [0.4, 0.5) is 0 Å². The Labute approximate surface area is 113 Å². The van der Waals surface area contributed by atoms with Crippen molar-refractivity contribution < 1.29 is 14.3 Å². The van der Waals surface area contributed by atoms with Crippen LogP contribution in [0, 0.1) is 17.2 Å². The maximum absolute atomic E-state index is 12.2. The van der Waals surface area contributed by atoms with Crippen LogP contribution in [0.25, 0.3) is 0 Å². The molecule has 19 heavy (non-hydrogen) atoms. The first-order valence-corrected chi connectivity index (χ1v) is 5.96. The van der Waals surface area contributed by atoms with Crippen molar-refractivity contribution in [1.29, 1.82) is 5.26 Å². The number of carbonyl (C=O) groups excluding carboxylic acids is 1. The average Bonchev–Trinajstić information content (AvgIpc) is 2.42. The second-order valence-corrected chi connectivity index (χ2v) is 4.37. The van der Waals surface area contributed by atoms with Crippen LogP contribution in [-0.2, 0) is 0 Å². The zero-order chi connectivity index (χ0) is 14.4. The maximum Gasteiger partial charge on any atom is 0.256 e. The first kappa shape index (κ1) is 14.8. The lowest BCUT2D eigenvalue weighted by Crippen LogP contribution is -2.37. The molecule has 0 aliphatic heterocycles. The second-order valence-electron chi connectivity index (χ2n) is 4.37. The first-order chi connectivity index (χ1) is 9.04. The Kier molecular flexibility index (Phi) is 5.19. The minimum Gasteiger partial charge on any atom is -0.493 e. The molecule has 102 valence electrons. The van der Waals surface area contributed by atoms with Crippen molar-refractivity contribution in [1.82, 2.24) is 5.32 Å². The predicted octanol–water partition coefficient (Wildman–Crippen LogP) is 1.98.